The molecular formula is C19H26N2O2. The van der Waals surface area contributed by atoms with Crippen LogP contribution in [0.5, 0.6) is 0 Å². The Hall–Kier alpha value is -1.97. The minimum atomic E-state index is -0.430. The second-order valence-corrected chi connectivity index (χ2v) is 7.46. The largest absolute Gasteiger partial charge is 0.444 e. The summed E-state index contributed by atoms with van der Waals surface area (Å²) in [5, 5.41) is 1.27. The lowest BCUT2D eigenvalue weighted by molar-refractivity contribution is 0.0158. The van der Waals surface area contributed by atoms with E-state index in [-0.39, 0.29) is 6.09 Å². The van der Waals surface area contributed by atoms with Gasteiger partial charge in [0, 0.05) is 31.3 Å². The van der Waals surface area contributed by atoms with E-state index in [1.165, 1.54) is 10.9 Å². The number of fused-ring (bicyclic) bond motifs is 1. The van der Waals surface area contributed by atoms with Crippen molar-refractivity contribution >= 4 is 17.0 Å². The van der Waals surface area contributed by atoms with E-state index in [0.29, 0.717) is 5.92 Å². The van der Waals surface area contributed by atoms with Gasteiger partial charge in [-0.05, 0) is 57.0 Å². The molecule has 2 heterocycles. The monoisotopic (exact) mass is 314 g/mol. The maximum absolute atomic E-state index is 12.3. The van der Waals surface area contributed by atoms with Gasteiger partial charge < -0.3 is 14.2 Å². The standard InChI is InChI=1S/C19H26N2O2/c1-19(2,3)23-18(22)21-11-6-7-15(14-21)13-20-12-10-16-8-4-5-9-17(16)20/h4-5,8-10,12,15H,6-7,11,13-14H2,1-3H3/t15-/m1/s1. The average molecular weight is 314 g/mol. The number of hydrogen-bond donors (Lipinski definition) is 0. The van der Waals surface area contributed by atoms with Crippen molar-refractivity contribution < 1.29 is 9.53 Å². The lowest BCUT2D eigenvalue weighted by Crippen LogP contribution is -2.43. The maximum atomic E-state index is 12.3. The van der Waals surface area contributed by atoms with E-state index in [0.717, 1.165) is 32.5 Å². The molecule has 1 aliphatic heterocycles. The highest BCUT2D eigenvalue weighted by Gasteiger charge is 2.27. The molecule has 0 radical (unpaired) electrons. The molecule has 1 amide bonds. The Bertz CT molecular complexity index is 684. The molecule has 1 fully saturated rings. The molecule has 1 saturated heterocycles. The van der Waals surface area contributed by atoms with Gasteiger partial charge in [-0.15, -0.1) is 0 Å². The van der Waals surface area contributed by atoms with Crippen molar-refractivity contribution in [1.82, 2.24) is 9.47 Å². The van der Waals surface area contributed by atoms with Crippen LogP contribution >= 0.6 is 0 Å². The van der Waals surface area contributed by atoms with E-state index in [1.54, 1.807) is 0 Å². The summed E-state index contributed by atoms with van der Waals surface area (Å²) in [7, 11) is 0. The highest BCUT2D eigenvalue weighted by atomic mass is 16.6. The fourth-order valence-electron chi connectivity index (χ4n) is 3.28. The van der Waals surface area contributed by atoms with E-state index in [9.17, 15) is 4.79 Å². The van der Waals surface area contributed by atoms with Crippen LogP contribution in [0.3, 0.4) is 0 Å². The lowest BCUT2D eigenvalue weighted by Gasteiger charge is -2.34. The minimum Gasteiger partial charge on any atom is -0.444 e. The Morgan fingerprint density at radius 1 is 1.26 bits per heavy atom. The number of piperidine rings is 1. The topological polar surface area (TPSA) is 34.5 Å². The van der Waals surface area contributed by atoms with Gasteiger partial charge in [0.2, 0.25) is 0 Å². The molecule has 0 N–H and O–H groups in total. The number of carbonyl (C=O) groups is 1. The summed E-state index contributed by atoms with van der Waals surface area (Å²) in [6.07, 6.45) is 4.17. The zero-order valence-corrected chi connectivity index (χ0v) is 14.3. The van der Waals surface area contributed by atoms with Gasteiger partial charge in [0.05, 0.1) is 0 Å². The molecule has 124 valence electrons. The Morgan fingerprint density at radius 2 is 2.04 bits per heavy atom. The van der Waals surface area contributed by atoms with E-state index < -0.39 is 5.60 Å². The molecule has 1 aromatic heterocycles. The molecule has 0 saturated carbocycles. The van der Waals surface area contributed by atoms with Crippen LogP contribution in [0.2, 0.25) is 0 Å². The molecule has 4 heteroatoms. The van der Waals surface area contributed by atoms with Gasteiger partial charge in [-0.1, -0.05) is 18.2 Å². The maximum Gasteiger partial charge on any atom is 0.410 e. The van der Waals surface area contributed by atoms with Crippen molar-refractivity contribution in [2.24, 2.45) is 5.92 Å². The third kappa shape index (κ3) is 3.87. The average Bonchev–Trinajstić information content (AvgIpc) is 2.89. The third-order valence-electron chi connectivity index (χ3n) is 4.31. The van der Waals surface area contributed by atoms with Crippen molar-refractivity contribution in [1.29, 1.82) is 0 Å². The molecule has 0 unspecified atom stereocenters. The van der Waals surface area contributed by atoms with Crippen LogP contribution in [0.15, 0.2) is 36.5 Å². The normalized spacial score (nSPS) is 19.1. The van der Waals surface area contributed by atoms with Crippen molar-refractivity contribution in [2.75, 3.05) is 13.1 Å². The van der Waals surface area contributed by atoms with E-state index in [2.05, 4.69) is 41.1 Å². The summed E-state index contributed by atoms with van der Waals surface area (Å²) in [4.78, 5) is 14.1. The summed E-state index contributed by atoms with van der Waals surface area (Å²) >= 11 is 0. The van der Waals surface area contributed by atoms with E-state index in [4.69, 9.17) is 4.74 Å². The third-order valence-corrected chi connectivity index (χ3v) is 4.31. The summed E-state index contributed by atoms with van der Waals surface area (Å²) < 4.78 is 7.82. The van der Waals surface area contributed by atoms with Gasteiger partial charge in [0.25, 0.3) is 0 Å². The molecule has 1 atom stereocenters. The van der Waals surface area contributed by atoms with Gasteiger partial charge in [-0.25, -0.2) is 4.79 Å². The minimum absolute atomic E-state index is 0.181. The SMILES string of the molecule is CC(C)(C)OC(=O)N1CCC[C@H](Cn2ccc3ccccc32)C1. The van der Waals surface area contributed by atoms with Crippen molar-refractivity contribution in [3.63, 3.8) is 0 Å². The molecule has 3 rings (SSSR count). The molecule has 1 aromatic carbocycles. The highest BCUT2D eigenvalue weighted by Crippen LogP contribution is 2.23. The number of carbonyl (C=O) groups excluding carboxylic acids is 1. The zero-order valence-electron chi connectivity index (χ0n) is 14.3. The number of aromatic nitrogens is 1. The number of nitrogens with zero attached hydrogens (tertiary/aromatic N) is 2. The molecule has 1 aliphatic rings. The fraction of sp³-hybridized carbons (Fsp3) is 0.526. The van der Waals surface area contributed by atoms with E-state index >= 15 is 0 Å². The number of ether oxygens (including phenoxy) is 1. The van der Waals surface area contributed by atoms with Crippen LogP contribution < -0.4 is 0 Å². The lowest BCUT2D eigenvalue weighted by atomic mass is 9.98. The quantitative estimate of drug-likeness (QED) is 0.829. The summed E-state index contributed by atoms with van der Waals surface area (Å²) in [6, 6.07) is 10.6. The van der Waals surface area contributed by atoms with Crippen LogP contribution in [-0.4, -0.2) is 34.3 Å². The van der Waals surface area contributed by atoms with Gasteiger partial charge in [-0.3, -0.25) is 0 Å². The molecular weight excluding hydrogens is 288 g/mol. The smallest absolute Gasteiger partial charge is 0.410 e. The second-order valence-electron chi connectivity index (χ2n) is 7.46. The fourth-order valence-corrected chi connectivity index (χ4v) is 3.28. The summed E-state index contributed by atoms with van der Waals surface area (Å²) in [6.45, 7) is 8.28. The number of para-hydroxylation sites is 1. The van der Waals surface area contributed by atoms with Crippen LogP contribution in [0.1, 0.15) is 33.6 Å². The van der Waals surface area contributed by atoms with Gasteiger partial charge in [-0.2, -0.15) is 0 Å². The Labute approximate surface area is 138 Å². The molecule has 2 aromatic rings. The number of likely N-dealkylation sites (tertiary alicyclic amines) is 1. The Kier molecular flexibility index (Phi) is 4.33. The van der Waals surface area contributed by atoms with Gasteiger partial charge in [0.1, 0.15) is 5.60 Å². The first-order valence-electron chi connectivity index (χ1n) is 8.44. The van der Waals surface area contributed by atoms with Gasteiger partial charge >= 0.3 is 6.09 Å². The zero-order chi connectivity index (χ0) is 16.4. The van der Waals surface area contributed by atoms with Gasteiger partial charge in [0.15, 0.2) is 0 Å². The van der Waals surface area contributed by atoms with Crippen molar-refractivity contribution in [3.05, 3.63) is 36.5 Å². The Morgan fingerprint density at radius 3 is 2.83 bits per heavy atom. The first kappa shape index (κ1) is 15.9. The molecule has 0 bridgehead atoms. The summed E-state index contributed by atoms with van der Waals surface area (Å²) in [5.41, 5.74) is 0.836. The van der Waals surface area contributed by atoms with Crippen molar-refractivity contribution in [3.8, 4) is 0 Å². The molecule has 0 aliphatic carbocycles. The Balaban J connectivity index is 1.66. The number of amides is 1. The second kappa shape index (κ2) is 6.26. The number of rotatable bonds is 2. The van der Waals surface area contributed by atoms with E-state index in [1.807, 2.05) is 25.7 Å². The molecule has 4 nitrogen and oxygen atoms in total. The van der Waals surface area contributed by atoms with Crippen LogP contribution in [0.25, 0.3) is 10.9 Å². The summed E-state index contributed by atoms with van der Waals surface area (Å²) in [5.74, 6) is 0.479. The molecule has 0 spiro atoms. The van der Waals surface area contributed by atoms with Crippen LogP contribution in [-0.2, 0) is 11.3 Å². The highest BCUT2D eigenvalue weighted by molar-refractivity contribution is 5.79. The first-order chi connectivity index (χ1) is 10.9. The predicted octanol–water partition coefficient (Wildman–Crippen LogP) is 4.29. The van der Waals surface area contributed by atoms with Crippen LogP contribution in [0, 0.1) is 5.92 Å². The van der Waals surface area contributed by atoms with Crippen molar-refractivity contribution in [2.45, 2.75) is 45.8 Å². The molecule has 23 heavy (non-hydrogen) atoms. The predicted molar refractivity (Wildman–Crippen MR) is 92.5 cm³/mol. The number of hydrogen-bond acceptors (Lipinski definition) is 2. The first-order valence-corrected chi connectivity index (χ1v) is 8.44. The van der Waals surface area contributed by atoms with Crippen LogP contribution in [0.4, 0.5) is 4.79 Å². The number of benzene rings is 1.